The molecule has 0 unspecified atom stereocenters. The lowest BCUT2D eigenvalue weighted by atomic mass is 10.1. The van der Waals surface area contributed by atoms with Crippen molar-refractivity contribution in [1.82, 2.24) is 10.6 Å². The van der Waals surface area contributed by atoms with Crippen LogP contribution in [0.5, 0.6) is 0 Å². The van der Waals surface area contributed by atoms with Gasteiger partial charge >= 0.3 is 0 Å². The predicted octanol–water partition coefficient (Wildman–Crippen LogP) is 4.28. The van der Waals surface area contributed by atoms with Gasteiger partial charge in [0, 0.05) is 26.3 Å². The quantitative estimate of drug-likeness (QED) is 0.301. The van der Waals surface area contributed by atoms with Gasteiger partial charge in [0.1, 0.15) is 0 Å². The largest absolute Gasteiger partial charge is 0.382 e. The van der Waals surface area contributed by atoms with Crippen LogP contribution in [0.1, 0.15) is 43.4 Å². The second kappa shape index (κ2) is 14.6. The molecule has 0 aliphatic carbocycles. The van der Waals surface area contributed by atoms with Gasteiger partial charge in [-0.1, -0.05) is 54.6 Å². The molecule has 2 N–H and O–H groups in total. The summed E-state index contributed by atoms with van der Waals surface area (Å²) in [5.41, 5.74) is 3.54. The standard InChI is InChI=1S/C24H35N3O2/c1-3-25-24(26-15-8-9-16-28-4-2)27-18-22-13-10-14-23(17-22)20-29-19-21-11-6-5-7-12-21/h5-7,10-14,17H,3-4,8-9,15-16,18-20H2,1-2H3,(H2,25,26,27). The van der Waals surface area contributed by atoms with Crippen LogP contribution in [0.3, 0.4) is 0 Å². The van der Waals surface area contributed by atoms with Crippen molar-refractivity contribution < 1.29 is 9.47 Å². The zero-order valence-electron chi connectivity index (χ0n) is 17.8. The van der Waals surface area contributed by atoms with Crippen LogP contribution in [0.2, 0.25) is 0 Å². The van der Waals surface area contributed by atoms with Crippen molar-refractivity contribution in [2.45, 2.75) is 46.4 Å². The third kappa shape index (κ3) is 10.1. The lowest BCUT2D eigenvalue weighted by Crippen LogP contribution is -2.37. The zero-order valence-corrected chi connectivity index (χ0v) is 17.8. The number of rotatable bonds is 13. The minimum atomic E-state index is 0.602. The van der Waals surface area contributed by atoms with E-state index in [1.165, 1.54) is 16.7 Å². The second-order valence-corrected chi connectivity index (χ2v) is 6.82. The fourth-order valence-corrected chi connectivity index (χ4v) is 2.87. The number of guanidine groups is 1. The van der Waals surface area contributed by atoms with E-state index in [0.29, 0.717) is 19.8 Å². The molecule has 0 spiro atoms. The Bertz CT molecular complexity index is 704. The van der Waals surface area contributed by atoms with Crippen LogP contribution in [-0.4, -0.2) is 32.3 Å². The summed E-state index contributed by atoms with van der Waals surface area (Å²) in [4.78, 5) is 4.71. The first-order valence-corrected chi connectivity index (χ1v) is 10.6. The molecule has 158 valence electrons. The molecule has 0 radical (unpaired) electrons. The van der Waals surface area contributed by atoms with Gasteiger partial charge in [0.2, 0.25) is 0 Å². The number of benzene rings is 2. The van der Waals surface area contributed by atoms with E-state index in [9.17, 15) is 0 Å². The molecular weight excluding hydrogens is 362 g/mol. The monoisotopic (exact) mass is 397 g/mol. The summed E-state index contributed by atoms with van der Waals surface area (Å²) in [5.74, 6) is 0.856. The van der Waals surface area contributed by atoms with E-state index in [2.05, 4.69) is 54.0 Å². The van der Waals surface area contributed by atoms with Crippen LogP contribution >= 0.6 is 0 Å². The van der Waals surface area contributed by atoms with E-state index in [1.54, 1.807) is 0 Å². The molecule has 2 rings (SSSR count). The number of nitrogens with zero attached hydrogens (tertiary/aromatic N) is 1. The van der Waals surface area contributed by atoms with E-state index < -0.39 is 0 Å². The molecule has 0 atom stereocenters. The van der Waals surface area contributed by atoms with E-state index in [-0.39, 0.29) is 0 Å². The van der Waals surface area contributed by atoms with Crippen LogP contribution in [-0.2, 0) is 29.2 Å². The molecule has 5 heteroatoms. The molecule has 2 aromatic carbocycles. The third-order valence-corrected chi connectivity index (χ3v) is 4.35. The fraction of sp³-hybridized carbons (Fsp3) is 0.458. The molecule has 5 nitrogen and oxygen atoms in total. The maximum atomic E-state index is 5.85. The molecule has 0 aliphatic heterocycles. The molecule has 29 heavy (non-hydrogen) atoms. The van der Waals surface area contributed by atoms with Crippen molar-refractivity contribution in [3.63, 3.8) is 0 Å². The molecule has 0 saturated carbocycles. The maximum absolute atomic E-state index is 5.85. The van der Waals surface area contributed by atoms with E-state index in [0.717, 1.165) is 45.1 Å². The van der Waals surface area contributed by atoms with E-state index in [1.807, 2.05) is 25.1 Å². The van der Waals surface area contributed by atoms with Crippen molar-refractivity contribution in [1.29, 1.82) is 0 Å². The summed E-state index contributed by atoms with van der Waals surface area (Å²) in [6, 6.07) is 18.7. The molecule has 0 bridgehead atoms. The molecular formula is C24H35N3O2. The first-order valence-electron chi connectivity index (χ1n) is 10.6. The molecule has 0 aromatic heterocycles. The Morgan fingerprint density at radius 1 is 0.828 bits per heavy atom. The number of nitrogens with one attached hydrogen (secondary N) is 2. The SMILES string of the molecule is CCNC(=NCc1cccc(COCc2ccccc2)c1)NCCCCOCC. The van der Waals surface area contributed by atoms with E-state index >= 15 is 0 Å². The van der Waals surface area contributed by atoms with E-state index in [4.69, 9.17) is 14.5 Å². The van der Waals surface area contributed by atoms with Crippen LogP contribution in [0.25, 0.3) is 0 Å². The van der Waals surface area contributed by atoms with Gasteiger partial charge in [-0.3, -0.25) is 0 Å². The summed E-state index contributed by atoms with van der Waals surface area (Å²) in [6.07, 6.45) is 2.13. The normalized spacial score (nSPS) is 11.4. The first kappa shape index (κ1) is 22.9. The Hall–Kier alpha value is -2.37. The van der Waals surface area contributed by atoms with Gasteiger partial charge in [-0.15, -0.1) is 0 Å². The first-order chi connectivity index (χ1) is 14.3. The lowest BCUT2D eigenvalue weighted by molar-refractivity contribution is 0.107. The third-order valence-electron chi connectivity index (χ3n) is 4.35. The summed E-state index contributed by atoms with van der Waals surface area (Å²) >= 11 is 0. The smallest absolute Gasteiger partial charge is 0.191 e. The topological polar surface area (TPSA) is 54.9 Å². The van der Waals surface area contributed by atoms with Crippen LogP contribution in [0.15, 0.2) is 59.6 Å². The van der Waals surface area contributed by atoms with Crippen molar-refractivity contribution in [3.8, 4) is 0 Å². The minimum absolute atomic E-state index is 0.602. The zero-order chi connectivity index (χ0) is 20.6. The van der Waals surface area contributed by atoms with Crippen molar-refractivity contribution >= 4 is 5.96 Å². The van der Waals surface area contributed by atoms with Crippen LogP contribution in [0.4, 0.5) is 0 Å². The van der Waals surface area contributed by atoms with Crippen molar-refractivity contribution in [2.75, 3.05) is 26.3 Å². The lowest BCUT2D eigenvalue weighted by Gasteiger charge is -2.11. The highest BCUT2D eigenvalue weighted by Crippen LogP contribution is 2.10. The highest BCUT2D eigenvalue weighted by atomic mass is 16.5. The van der Waals surface area contributed by atoms with Gasteiger partial charge in [0.15, 0.2) is 5.96 Å². The molecule has 2 aromatic rings. The average molecular weight is 398 g/mol. The Morgan fingerprint density at radius 2 is 1.59 bits per heavy atom. The van der Waals surface area contributed by atoms with Crippen molar-refractivity contribution in [2.24, 2.45) is 4.99 Å². The van der Waals surface area contributed by atoms with Crippen LogP contribution < -0.4 is 10.6 Å². The number of unbranched alkanes of at least 4 members (excludes halogenated alkanes) is 1. The number of ether oxygens (including phenoxy) is 2. The van der Waals surface area contributed by atoms with Crippen LogP contribution in [0, 0.1) is 0 Å². The van der Waals surface area contributed by atoms with Gasteiger partial charge in [-0.05, 0) is 43.4 Å². The Kier molecular flexibility index (Phi) is 11.5. The van der Waals surface area contributed by atoms with Gasteiger partial charge in [0.05, 0.1) is 19.8 Å². The highest BCUT2D eigenvalue weighted by molar-refractivity contribution is 5.79. The maximum Gasteiger partial charge on any atom is 0.191 e. The summed E-state index contributed by atoms with van der Waals surface area (Å²) in [5, 5.41) is 6.70. The predicted molar refractivity (Wildman–Crippen MR) is 120 cm³/mol. The molecule has 0 fully saturated rings. The number of aliphatic imine (C=N–C) groups is 1. The van der Waals surface area contributed by atoms with Gasteiger partial charge < -0.3 is 20.1 Å². The highest BCUT2D eigenvalue weighted by Gasteiger charge is 2.00. The Balaban J connectivity index is 1.78. The second-order valence-electron chi connectivity index (χ2n) is 6.82. The number of hydrogen-bond acceptors (Lipinski definition) is 3. The molecule has 0 amide bonds. The fourth-order valence-electron chi connectivity index (χ4n) is 2.87. The summed E-state index contributed by atoms with van der Waals surface area (Å²) < 4.78 is 11.2. The Morgan fingerprint density at radius 3 is 2.38 bits per heavy atom. The average Bonchev–Trinajstić information content (AvgIpc) is 2.75. The van der Waals surface area contributed by atoms with Gasteiger partial charge in [0.25, 0.3) is 0 Å². The minimum Gasteiger partial charge on any atom is -0.382 e. The van der Waals surface area contributed by atoms with Gasteiger partial charge in [-0.25, -0.2) is 4.99 Å². The number of hydrogen-bond donors (Lipinski definition) is 2. The Labute approximate surface area is 175 Å². The van der Waals surface area contributed by atoms with Gasteiger partial charge in [-0.2, -0.15) is 0 Å². The molecule has 0 aliphatic rings. The molecule has 0 heterocycles. The van der Waals surface area contributed by atoms with Crippen molar-refractivity contribution in [3.05, 3.63) is 71.3 Å². The summed E-state index contributed by atoms with van der Waals surface area (Å²) in [6.45, 7) is 9.32. The summed E-state index contributed by atoms with van der Waals surface area (Å²) in [7, 11) is 0. The molecule has 0 saturated heterocycles.